The van der Waals surface area contributed by atoms with Crippen molar-refractivity contribution in [1.29, 1.82) is 0 Å². The average Bonchev–Trinajstić information content (AvgIpc) is 3.34. The molecule has 1 atom stereocenters. The van der Waals surface area contributed by atoms with Crippen molar-refractivity contribution in [2.45, 2.75) is 19.1 Å². The lowest BCUT2D eigenvalue weighted by Gasteiger charge is -2.30. The first-order valence-corrected chi connectivity index (χ1v) is 11.9. The van der Waals surface area contributed by atoms with Gasteiger partial charge >= 0.3 is 0 Å². The Morgan fingerprint density at radius 1 is 0.912 bits per heavy atom. The summed E-state index contributed by atoms with van der Waals surface area (Å²) in [5.41, 5.74) is 2.59. The van der Waals surface area contributed by atoms with E-state index in [0.717, 1.165) is 5.56 Å². The highest BCUT2D eigenvalue weighted by atomic mass is 35.5. The molecule has 1 N–H and O–H groups in total. The predicted octanol–water partition coefficient (Wildman–Crippen LogP) is 7.36. The van der Waals surface area contributed by atoms with Crippen molar-refractivity contribution < 1.29 is 5.11 Å². The molecular formula is C27H20Cl3N3O. The third kappa shape index (κ3) is 3.77. The first-order valence-electron chi connectivity index (χ1n) is 10.8. The predicted molar refractivity (Wildman–Crippen MR) is 139 cm³/mol. The minimum absolute atomic E-state index is 0.327. The van der Waals surface area contributed by atoms with E-state index < -0.39 is 5.60 Å². The zero-order chi connectivity index (χ0) is 23.9. The van der Waals surface area contributed by atoms with Crippen LogP contribution >= 0.6 is 34.8 Å². The smallest absolute Gasteiger partial charge is 0.156 e. The van der Waals surface area contributed by atoms with Crippen molar-refractivity contribution in [3.63, 3.8) is 0 Å². The number of rotatable bonds is 5. The van der Waals surface area contributed by atoms with Gasteiger partial charge in [-0.25, -0.2) is 9.97 Å². The number of aromatic nitrogens is 3. The first kappa shape index (κ1) is 22.9. The molecule has 0 saturated carbocycles. The van der Waals surface area contributed by atoms with Crippen molar-refractivity contribution in [3.8, 4) is 11.1 Å². The summed E-state index contributed by atoms with van der Waals surface area (Å²) in [6.45, 7) is 2.65. The number of halogens is 3. The van der Waals surface area contributed by atoms with Crippen LogP contribution in [0.5, 0.6) is 0 Å². The molecule has 5 aromatic rings. The van der Waals surface area contributed by atoms with Crippen LogP contribution in [0.3, 0.4) is 0 Å². The number of nitrogens with zero attached hydrogens (tertiary/aromatic N) is 3. The SMILES string of the molecule is CCn1cncc1C(O)(c1ccc(Cl)cc1)c1ccc2nc(Cl)c(-c3ccccc3)c(Cl)c2c1. The zero-order valence-corrected chi connectivity index (χ0v) is 20.5. The van der Waals surface area contributed by atoms with E-state index in [1.807, 2.05) is 72.2 Å². The minimum Gasteiger partial charge on any atom is -0.374 e. The highest BCUT2D eigenvalue weighted by Gasteiger charge is 2.37. The molecule has 0 bridgehead atoms. The number of fused-ring (bicyclic) bond motifs is 1. The summed E-state index contributed by atoms with van der Waals surface area (Å²) < 4.78 is 1.91. The van der Waals surface area contributed by atoms with Gasteiger partial charge in [0.05, 0.1) is 28.8 Å². The number of pyridine rings is 1. The summed E-state index contributed by atoms with van der Waals surface area (Å²) in [5, 5.41) is 14.4. The van der Waals surface area contributed by atoms with Crippen LogP contribution < -0.4 is 0 Å². The fourth-order valence-corrected chi connectivity index (χ4v) is 5.12. The van der Waals surface area contributed by atoms with E-state index in [1.54, 1.807) is 24.7 Å². The molecule has 0 aliphatic carbocycles. The summed E-state index contributed by atoms with van der Waals surface area (Å²) in [5.74, 6) is 0. The molecule has 0 aliphatic heterocycles. The van der Waals surface area contributed by atoms with Gasteiger partial charge in [0.15, 0.2) is 5.60 Å². The molecule has 3 aromatic carbocycles. The number of aryl methyl sites for hydroxylation is 1. The topological polar surface area (TPSA) is 50.9 Å². The quantitative estimate of drug-likeness (QED) is 0.252. The van der Waals surface area contributed by atoms with Gasteiger partial charge in [-0.1, -0.05) is 83.3 Å². The van der Waals surface area contributed by atoms with Crippen LogP contribution in [-0.4, -0.2) is 19.6 Å². The van der Waals surface area contributed by atoms with Crippen LogP contribution in [0.2, 0.25) is 15.2 Å². The molecule has 2 aromatic heterocycles. The van der Waals surface area contributed by atoms with Gasteiger partial charge in [0, 0.05) is 22.5 Å². The molecule has 0 amide bonds. The summed E-state index contributed by atoms with van der Waals surface area (Å²) in [7, 11) is 0. The Hall–Kier alpha value is -2.89. The number of aliphatic hydroxyl groups is 1. The van der Waals surface area contributed by atoms with Crippen LogP contribution in [0.15, 0.2) is 85.3 Å². The van der Waals surface area contributed by atoms with E-state index in [4.69, 9.17) is 34.8 Å². The van der Waals surface area contributed by atoms with Crippen molar-refractivity contribution in [3.05, 3.63) is 117 Å². The minimum atomic E-state index is -1.50. The molecule has 0 aliphatic rings. The van der Waals surface area contributed by atoms with E-state index >= 15 is 0 Å². The molecule has 0 spiro atoms. The van der Waals surface area contributed by atoms with Gasteiger partial charge in [-0.05, 0) is 47.9 Å². The molecule has 0 radical (unpaired) electrons. The Morgan fingerprint density at radius 3 is 2.32 bits per heavy atom. The third-order valence-corrected chi connectivity index (χ3v) is 6.96. The van der Waals surface area contributed by atoms with E-state index in [1.165, 1.54) is 0 Å². The fraction of sp³-hybridized carbons (Fsp3) is 0.111. The van der Waals surface area contributed by atoms with Crippen LogP contribution in [0.25, 0.3) is 22.0 Å². The maximum absolute atomic E-state index is 12.3. The molecule has 34 heavy (non-hydrogen) atoms. The zero-order valence-electron chi connectivity index (χ0n) is 18.2. The first-order chi connectivity index (χ1) is 16.4. The molecule has 170 valence electrons. The van der Waals surface area contributed by atoms with Crippen molar-refractivity contribution in [1.82, 2.24) is 14.5 Å². The highest BCUT2D eigenvalue weighted by Crippen LogP contribution is 2.42. The molecule has 0 fully saturated rings. The lowest BCUT2D eigenvalue weighted by atomic mass is 9.83. The van der Waals surface area contributed by atoms with Crippen molar-refractivity contribution in [2.75, 3.05) is 0 Å². The van der Waals surface area contributed by atoms with Gasteiger partial charge in [-0.3, -0.25) is 0 Å². The normalized spacial score (nSPS) is 13.2. The van der Waals surface area contributed by atoms with Crippen molar-refractivity contribution in [2.24, 2.45) is 0 Å². The van der Waals surface area contributed by atoms with Crippen molar-refractivity contribution >= 4 is 45.7 Å². The van der Waals surface area contributed by atoms with Gasteiger partial charge in [-0.15, -0.1) is 0 Å². The number of imidazole rings is 1. The van der Waals surface area contributed by atoms with E-state index in [0.29, 0.717) is 55.0 Å². The lowest BCUT2D eigenvalue weighted by molar-refractivity contribution is 0.116. The molecule has 7 heteroatoms. The maximum atomic E-state index is 12.3. The lowest BCUT2D eigenvalue weighted by Crippen LogP contribution is -2.31. The van der Waals surface area contributed by atoms with Gasteiger partial charge in [-0.2, -0.15) is 0 Å². The fourth-order valence-electron chi connectivity index (χ4n) is 4.30. The third-order valence-electron chi connectivity index (χ3n) is 6.04. The maximum Gasteiger partial charge on any atom is 0.156 e. The van der Waals surface area contributed by atoms with Gasteiger partial charge in [0.25, 0.3) is 0 Å². The Kier molecular flexibility index (Phi) is 6.09. The number of benzene rings is 3. The summed E-state index contributed by atoms with van der Waals surface area (Å²) in [6.07, 6.45) is 3.39. The molecule has 2 heterocycles. The largest absolute Gasteiger partial charge is 0.374 e. The van der Waals surface area contributed by atoms with Crippen LogP contribution in [0, 0.1) is 0 Å². The molecule has 1 unspecified atom stereocenters. The van der Waals surface area contributed by atoms with E-state index in [2.05, 4.69) is 9.97 Å². The summed E-state index contributed by atoms with van der Waals surface area (Å²) >= 11 is 19.6. The highest BCUT2D eigenvalue weighted by molar-refractivity contribution is 6.42. The summed E-state index contributed by atoms with van der Waals surface area (Å²) in [6, 6.07) is 22.3. The van der Waals surface area contributed by atoms with Gasteiger partial charge in [0.2, 0.25) is 0 Å². The Labute approximate surface area is 212 Å². The number of hydrogen-bond acceptors (Lipinski definition) is 3. The second-order valence-electron chi connectivity index (χ2n) is 7.97. The molecule has 0 saturated heterocycles. The average molecular weight is 509 g/mol. The van der Waals surface area contributed by atoms with Crippen LogP contribution in [0.4, 0.5) is 0 Å². The molecular weight excluding hydrogens is 489 g/mol. The Morgan fingerprint density at radius 2 is 1.62 bits per heavy atom. The van der Waals surface area contributed by atoms with E-state index in [9.17, 15) is 5.11 Å². The second-order valence-corrected chi connectivity index (χ2v) is 9.14. The van der Waals surface area contributed by atoms with Crippen LogP contribution in [0.1, 0.15) is 23.7 Å². The monoisotopic (exact) mass is 507 g/mol. The van der Waals surface area contributed by atoms with Gasteiger partial charge < -0.3 is 9.67 Å². The summed E-state index contributed by atoms with van der Waals surface area (Å²) in [4.78, 5) is 8.88. The second kappa shape index (κ2) is 9.05. The molecule has 5 rings (SSSR count). The Bertz CT molecular complexity index is 1480. The standard InChI is InChI=1S/C27H20Cl3N3O/c1-2-33-16-31-15-23(33)27(34,18-8-11-20(28)12-9-18)19-10-13-22-21(14-19)25(29)24(26(30)32-22)17-6-4-3-5-7-17/h3-16,34H,2H2,1H3. The van der Waals surface area contributed by atoms with Gasteiger partial charge in [0.1, 0.15) is 5.15 Å². The van der Waals surface area contributed by atoms with E-state index in [-0.39, 0.29) is 0 Å². The Balaban J connectivity index is 1.78. The molecule has 4 nitrogen and oxygen atoms in total. The van der Waals surface area contributed by atoms with Crippen LogP contribution in [-0.2, 0) is 12.1 Å². The number of hydrogen-bond donors (Lipinski definition) is 1.